The molecule has 0 aromatic heterocycles. The molecule has 20 heavy (non-hydrogen) atoms. The average molecular weight is 270 g/mol. The Bertz CT molecular complexity index is 517. The number of rotatable bonds is 5. The standard InChI is InChI=1S/C18H22O2/c1-13(2)20-17-11-9-16(10-12-17)18(19)14(3)15-7-5-4-6-8-15/h4-14,18-19H,1-3H3. The van der Waals surface area contributed by atoms with Crippen LogP contribution in [-0.2, 0) is 0 Å². The Labute approximate surface area is 121 Å². The third-order valence-electron chi connectivity index (χ3n) is 3.39. The zero-order valence-electron chi connectivity index (χ0n) is 12.3. The molecule has 2 nitrogen and oxygen atoms in total. The molecule has 0 aliphatic heterocycles. The van der Waals surface area contributed by atoms with Crippen LogP contribution in [0.4, 0.5) is 0 Å². The van der Waals surface area contributed by atoms with Crippen molar-refractivity contribution in [2.45, 2.75) is 38.9 Å². The monoisotopic (exact) mass is 270 g/mol. The van der Waals surface area contributed by atoms with Crippen LogP contribution >= 0.6 is 0 Å². The summed E-state index contributed by atoms with van der Waals surface area (Å²) in [5.41, 5.74) is 2.06. The fourth-order valence-corrected chi connectivity index (χ4v) is 2.24. The molecule has 2 rings (SSSR count). The Morgan fingerprint density at radius 2 is 1.40 bits per heavy atom. The summed E-state index contributed by atoms with van der Waals surface area (Å²) in [6, 6.07) is 17.8. The van der Waals surface area contributed by atoms with Crippen molar-refractivity contribution in [3.05, 3.63) is 65.7 Å². The quantitative estimate of drug-likeness (QED) is 0.877. The van der Waals surface area contributed by atoms with E-state index in [1.54, 1.807) is 0 Å². The van der Waals surface area contributed by atoms with Crippen LogP contribution in [0, 0.1) is 0 Å². The minimum absolute atomic E-state index is 0.0630. The summed E-state index contributed by atoms with van der Waals surface area (Å²) in [6.45, 7) is 6.04. The highest BCUT2D eigenvalue weighted by Gasteiger charge is 2.17. The SMILES string of the molecule is CC(C)Oc1ccc(C(O)C(C)c2ccccc2)cc1. The molecule has 2 unspecified atom stereocenters. The second-order valence-corrected chi connectivity index (χ2v) is 5.38. The van der Waals surface area contributed by atoms with Crippen LogP contribution in [0.3, 0.4) is 0 Å². The first kappa shape index (κ1) is 14.6. The zero-order valence-corrected chi connectivity index (χ0v) is 12.3. The molecule has 0 aliphatic rings. The van der Waals surface area contributed by atoms with Crippen molar-refractivity contribution in [2.75, 3.05) is 0 Å². The maximum atomic E-state index is 10.5. The lowest BCUT2D eigenvalue weighted by Gasteiger charge is -2.20. The third kappa shape index (κ3) is 3.61. The van der Waals surface area contributed by atoms with Gasteiger partial charge in [0.2, 0.25) is 0 Å². The van der Waals surface area contributed by atoms with Gasteiger partial charge >= 0.3 is 0 Å². The van der Waals surface area contributed by atoms with Crippen molar-refractivity contribution in [2.24, 2.45) is 0 Å². The molecule has 2 heteroatoms. The van der Waals surface area contributed by atoms with Crippen molar-refractivity contribution in [1.29, 1.82) is 0 Å². The summed E-state index contributed by atoms with van der Waals surface area (Å²) in [7, 11) is 0. The molecule has 0 amide bonds. The van der Waals surface area contributed by atoms with Crippen molar-refractivity contribution in [1.82, 2.24) is 0 Å². The Balaban J connectivity index is 2.11. The predicted octanol–water partition coefficient (Wildman–Crippen LogP) is 4.31. The lowest BCUT2D eigenvalue weighted by molar-refractivity contribution is 0.151. The second-order valence-electron chi connectivity index (χ2n) is 5.38. The Kier molecular flexibility index (Phi) is 4.80. The third-order valence-corrected chi connectivity index (χ3v) is 3.39. The van der Waals surface area contributed by atoms with Gasteiger partial charge in [0.25, 0.3) is 0 Å². The van der Waals surface area contributed by atoms with Gasteiger partial charge < -0.3 is 9.84 Å². The number of ether oxygens (including phenoxy) is 1. The maximum absolute atomic E-state index is 10.5. The number of aliphatic hydroxyl groups excluding tert-OH is 1. The van der Waals surface area contributed by atoms with Crippen molar-refractivity contribution < 1.29 is 9.84 Å². The smallest absolute Gasteiger partial charge is 0.119 e. The normalized spacial score (nSPS) is 14.1. The predicted molar refractivity (Wildman–Crippen MR) is 82.0 cm³/mol. The van der Waals surface area contributed by atoms with Crippen LogP contribution in [0.2, 0.25) is 0 Å². The van der Waals surface area contributed by atoms with E-state index in [4.69, 9.17) is 4.74 Å². The van der Waals surface area contributed by atoms with E-state index in [-0.39, 0.29) is 12.0 Å². The summed E-state index contributed by atoms with van der Waals surface area (Å²) in [4.78, 5) is 0. The molecule has 0 fully saturated rings. The first-order chi connectivity index (χ1) is 9.58. The van der Waals surface area contributed by atoms with Gasteiger partial charge in [0.1, 0.15) is 5.75 Å². The molecular formula is C18H22O2. The molecule has 0 spiro atoms. The highest BCUT2D eigenvalue weighted by molar-refractivity contribution is 5.31. The van der Waals surface area contributed by atoms with E-state index in [0.717, 1.165) is 16.9 Å². The summed E-state index contributed by atoms with van der Waals surface area (Å²) in [5.74, 6) is 0.899. The van der Waals surface area contributed by atoms with Gasteiger partial charge in [-0.3, -0.25) is 0 Å². The van der Waals surface area contributed by atoms with Crippen LogP contribution in [0.5, 0.6) is 5.75 Å². The first-order valence-corrected chi connectivity index (χ1v) is 7.07. The summed E-state index contributed by atoms with van der Waals surface area (Å²) < 4.78 is 5.61. The highest BCUT2D eigenvalue weighted by Crippen LogP contribution is 2.31. The van der Waals surface area contributed by atoms with E-state index < -0.39 is 6.10 Å². The van der Waals surface area contributed by atoms with Crippen LogP contribution in [0.1, 0.15) is 43.9 Å². The van der Waals surface area contributed by atoms with Crippen LogP contribution in [0.25, 0.3) is 0 Å². The first-order valence-electron chi connectivity index (χ1n) is 7.07. The number of aliphatic hydroxyl groups is 1. The lowest BCUT2D eigenvalue weighted by atomic mass is 9.91. The van der Waals surface area contributed by atoms with E-state index in [0.29, 0.717) is 0 Å². The summed E-state index contributed by atoms with van der Waals surface area (Å²) in [6.07, 6.45) is -0.348. The van der Waals surface area contributed by atoms with Gasteiger partial charge in [0.15, 0.2) is 0 Å². The van der Waals surface area contributed by atoms with E-state index in [1.807, 2.05) is 75.4 Å². The summed E-state index contributed by atoms with van der Waals surface area (Å²) in [5, 5.41) is 10.5. The van der Waals surface area contributed by atoms with Crippen molar-refractivity contribution in [3.63, 3.8) is 0 Å². The molecule has 0 aliphatic carbocycles. The van der Waals surface area contributed by atoms with E-state index >= 15 is 0 Å². The fourth-order valence-electron chi connectivity index (χ4n) is 2.24. The largest absolute Gasteiger partial charge is 0.491 e. The van der Waals surface area contributed by atoms with Crippen LogP contribution in [0.15, 0.2) is 54.6 Å². The van der Waals surface area contributed by atoms with Crippen LogP contribution in [-0.4, -0.2) is 11.2 Å². The Hall–Kier alpha value is -1.80. The average Bonchev–Trinajstić information content (AvgIpc) is 2.47. The van der Waals surface area contributed by atoms with Gasteiger partial charge in [-0.15, -0.1) is 0 Å². The van der Waals surface area contributed by atoms with Crippen molar-refractivity contribution >= 4 is 0 Å². The van der Waals surface area contributed by atoms with Gasteiger partial charge in [-0.05, 0) is 37.1 Å². The van der Waals surface area contributed by atoms with Crippen molar-refractivity contribution in [3.8, 4) is 5.75 Å². The molecule has 0 radical (unpaired) electrons. The van der Waals surface area contributed by atoms with Gasteiger partial charge in [-0.25, -0.2) is 0 Å². The molecule has 0 saturated carbocycles. The maximum Gasteiger partial charge on any atom is 0.119 e. The summed E-state index contributed by atoms with van der Waals surface area (Å²) >= 11 is 0. The molecule has 1 N–H and O–H groups in total. The van der Waals surface area contributed by atoms with Gasteiger partial charge in [0, 0.05) is 5.92 Å². The van der Waals surface area contributed by atoms with Crippen LogP contribution < -0.4 is 4.74 Å². The topological polar surface area (TPSA) is 29.5 Å². The Morgan fingerprint density at radius 1 is 0.800 bits per heavy atom. The molecule has 0 heterocycles. The van der Waals surface area contributed by atoms with E-state index in [2.05, 4.69) is 0 Å². The lowest BCUT2D eigenvalue weighted by Crippen LogP contribution is -2.08. The second kappa shape index (κ2) is 6.58. The molecule has 106 valence electrons. The molecule has 2 aromatic carbocycles. The van der Waals surface area contributed by atoms with Gasteiger partial charge in [-0.1, -0.05) is 49.4 Å². The molecule has 0 saturated heterocycles. The molecule has 2 atom stereocenters. The molecule has 0 bridgehead atoms. The number of hydrogen-bond donors (Lipinski definition) is 1. The Morgan fingerprint density at radius 3 is 1.95 bits per heavy atom. The van der Waals surface area contributed by atoms with E-state index in [1.165, 1.54) is 0 Å². The molecular weight excluding hydrogens is 248 g/mol. The minimum Gasteiger partial charge on any atom is -0.491 e. The van der Waals surface area contributed by atoms with Gasteiger partial charge in [0.05, 0.1) is 12.2 Å². The van der Waals surface area contributed by atoms with Gasteiger partial charge in [-0.2, -0.15) is 0 Å². The molecule has 2 aromatic rings. The zero-order chi connectivity index (χ0) is 14.5. The minimum atomic E-state index is -0.509. The fraction of sp³-hybridized carbons (Fsp3) is 0.333. The number of benzene rings is 2. The highest BCUT2D eigenvalue weighted by atomic mass is 16.5. The van der Waals surface area contributed by atoms with E-state index in [9.17, 15) is 5.11 Å². The number of hydrogen-bond acceptors (Lipinski definition) is 2.